The Kier molecular flexibility index (Phi) is 4.84. The van der Waals surface area contributed by atoms with Gasteiger partial charge in [0.1, 0.15) is 17.2 Å². The van der Waals surface area contributed by atoms with Crippen molar-refractivity contribution in [2.45, 2.75) is 13.8 Å². The molecule has 1 N–H and O–H groups in total. The number of para-hydroxylation sites is 1. The maximum atomic E-state index is 11.5. The molecule has 0 spiro atoms. The van der Waals surface area contributed by atoms with E-state index in [1.165, 1.54) is 0 Å². The smallest absolute Gasteiger partial charge is 0.336 e. The van der Waals surface area contributed by atoms with E-state index in [1.807, 2.05) is 18.2 Å². The molecule has 0 bridgehead atoms. The van der Waals surface area contributed by atoms with Crippen LogP contribution in [0.1, 0.15) is 19.4 Å². The van der Waals surface area contributed by atoms with Gasteiger partial charge in [-0.3, -0.25) is 0 Å². The Bertz CT molecular complexity index is 713. The normalized spacial score (nSPS) is 9.95. The summed E-state index contributed by atoms with van der Waals surface area (Å²) in [6.45, 7) is 3.54. The van der Waals surface area contributed by atoms with Crippen LogP contribution in [0.4, 0.5) is 0 Å². The Morgan fingerprint density at radius 3 is 2.32 bits per heavy atom. The summed E-state index contributed by atoms with van der Waals surface area (Å²) in [7, 11) is 1.58. The van der Waals surface area contributed by atoms with Gasteiger partial charge in [0.05, 0.1) is 12.7 Å². The standard InChI is InChI=1S/C18H18O4/c1-12(2)17(18(19)20)15-9-4-5-10-16(15)22-14-8-6-7-13(11-14)21-3/h4-11H,1-3H3,(H,19,20). The number of aliphatic carboxylic acids is 1. The van der Waals surface area contributed by atoms with Crippen LogP contribution in [0.5, 0.6) is 17.2 Å². The molecule has 0 aliphatic rings. The van der Waals surface area contributed by atoms with Crippen LogP contribution in [0.2, 0.25) is 0 Å². The van der Waals surface area contributed by atoms with Crippen molar-refractivity contribution in [2.75, 3.05) is 7.11 Å². The van der Waals surface area contributed by atoms with E-state index in [4.69, 9.17) is 9.47 Å². The fourth-order valence-electron chi connectivity index (χ4n) is 2.15. The van der Waals surface area contributed by atoms with Crippen LogP contribution < -0.4 is 9.47 Å². The lowest BCUT2D eigenvalue weighted by Crippen LogP contribution is -2.03. The second-order valence-electron chi connectivity index (χ2n) is 4.96. The summed E-state index contributed by atoms with van der Waals surface area (Å²) < 4.78 is 11.0. The lowest BCUT2D eigenvalue weighted by Gasteiger charge is -2.13. The molecule has 2 aromatic rings. The van der Waals surface area contributed by atoms with Crippen LogP contribution in [0.15, 0.2) is 54.1 Å². The summed E-state index contributed by atoms with van der Waals surface area (Å²) in [5.41, 5.74) is 1.52. The van der Waals surface area contributed by atoms with E-state index in [1.54, 1.807) is 51.3 Å². The minimum atomic E-state index is -0.971. The fraction of sp³-hybridized carbons (Fsp3) is 0.167. The zero-order valence-corrected chi connectivity index (χ0v) is 12.8. The number of benzene rings is 2. The van der Waals surface area contributed by atoms with Crippen molar-refractivity contribution >= 4 is 11.5 Å². The van der Waals surface area contributed by atoms with Crippen LogP contribution >= 0.6 is 0 Å². The first-order valence-electron chi connectivity index (χ1n) is 6.85. The lowest BCUT2D eigenvalue weighted by molar-refractivity contribution is -0.130. The maximum absolute atomic E-state index is 11.5. The summed E-state index contributed by atoms with van der Waals surface area (Å²) in [4.78, 5) is 11.5. The molecule has 114 valence electrons. The highest BCUT2D eigenvalue weighted by Gasteiger charge is 2.17. The predicted octanol–water partition coefficient (Wildman–Crippen LogP) is 4.37. The Morgan fingerprint density at radius 2 is 1.68 bits per heavy atom. The van der Waals surface area contributed by atoms with E-state index in [0.29, 0.717) is 28.4 Å². The molecule has 0 saturated carbocycles. The van der Waals surface area contributed by atoms with E-state index in [9.17, 15) is 9.90 Å². The molecular weight excluding hydrogens is 280 g/mol. The zero-order chi connectivity index (χ0) is 16.1. The number of ether oxygens (including phenoxy) is 2. The molecule has 0 aliphatic heterocycles. The minimum Gasteiger partial charge on any atom is -0.497 e. The van der Waals surface area contributed by atoms with Gasteiger partial charge >= 0.3 is 5.97 Å². The molecule has 0 heterocycles. The highest BCUT2D eigenvalue weighted by atomic mass is 16.5. The summed E-state index contributed by atoms with van der Waals surface area (Å²) in [6, 6.07) is 14.3. The van der Waals surface area contributed by atoms with Crippen LogP contribution in [0.3, 0.4) is 0 Å². The van der Waals surface area contributed by atoms with Gasteiger partial charge in [0, 0.05) is 11.6 Å². The average molecular weight is 298 g/mol. The molecule has 4 heteroatoms. The largest absolute Gasteiger partial charge is 0.497 e. The van der Waals surface area contributed by atoms with Gasteiger partial charge in [0.2, 0.25) is 0 Å². The van der Waals surface area contributed by atoms with Crippen molar-refractivity contribution in [2.24, 2.45) is 0 Å². The molecule has 0 aromatic heterocycles. The summed E-state index contributed by atoms with van der Waals surface area (Å²) in [6.07, 6.45) is 0. The number of carbonyl (C=O) groups is 1. The second-order valence-corrected chi connectivity index (χ2v) is 4.96. The molecule has 0 amide bonds. The van der Waals surface area contributed by atoms with E-state index < -0.39 is 5.97 Å². The fourth-order valence-corrected chi connectivity index (χ4v) is 2.15. The summed E-state index contributed by atoms with van der Waals surface area (Å²) >= 11 is 0. The van der Waals surface area contributed by atoms with E-state index in [2.05, 4.69) is 0 Å². The summed E-state index contributed by atoms with van der Waals surface area (Å²) in [5.74, 6) is 0.789. The molecule has 2 rings (SSSR count). The molecule has 0 saturated heterocycles. The van der Waals surface area contributed by atoms with Gasteiger partial charge in [-0.1, -0.05) is 29.8 Å². The van der Waals surface area contributed by atoms with Crippen molar-refractivity contribution in [3.05, 3.63) is 59.7 Å². The molecule has 0 radical (unpaired) electrons. The molecule has 0 aliphatic carbocycles. The monoisotopic (exact) mass is 298 g/mol. The molecule has 0 unspecified atom stereocenters. The Balaban J connectivity index is 2.44. The van der Waals surface area contributed by atoms with Gasteiger partial charge in [0.25, 0.3) is 0 Å². The Labute approximate surface area is 129 Å². The van der Waals surface area contributed by atoms with Crippen molar-refractivity contribution in [3.8, 4) is 17.2 Å². The van der Waals surface area contributed by atoms with Gasteiger partial charge in [-0.2, -0.15) is 0 Å². The zero-order valence-electron chi connectivity index (χ0n) is 12.8. The van der Waals surface area contributed by atoms with Gasteiger partial charge < -0.3 is 14.6 Å². The molecule has 4 nitrogen and oxygen atoms in total. The predicted molar refractivity (Wildman–Crippen MR) is 85.4 cm³/mol. The first-order chi connectivity index (χ1) is 10.5. The quantitative estimate of drug-likeness (QED) is 0.833. The molecular formula is C18H18O4. The number of allylic oxidation sites excluding steroid dienone is 1. The number of carboxylic acid groups (broad SMARTS) is 1. The number of rotatable bonds is 5. The number of hydrogen-bond donors (Lipinski definition) is 1. The number of hydrogen-bond acceptors (Lipinski definition) is 3. The van der Waals surface area contributed by atoms with Crippen LogP contribution in [-0.4, -0.2) is 18.2 Å². The minimum absolute atomic E-state index is 0.249. The Hall–Kier alpha value is -2.75. The van der Waals surface area contributed by atoms with E-state index in [0.717, 1.165) is 0 Å². The molecule has 0 fully saturated rings. The van der Waals surface area contributed by atoms with Crippen molar-refractivity contribution < 1.29 is 19.4 Å². The van der Waals surface area contributed by atoms with Gasteiger partial charge in [0.15, 0.2) is 0 Å². The topological polar surface area (TPSA) is 55.8 Å². The Morgan fingerprint density at radius 1 is 1.00 bits per heavy atom. The third-order valence-corrected chi connectivity index (χ3v) is 3.14. The van der Waals surface area contributed by atoms with Crippen molar-refractivity contribution in [3.63, 3.8) is 0 Å². The third kappa shape index (κ3) is 3.47. The highest BCUT2D eigenvalue weighted by molar-refractivity contribution is 6.17. The van der Waals surface area contributed by atoms with Crippen LogP contribution in [0, 0.1) is 0 Å². The summed E-state index contributed by atoms with van der Waals surface area (Å²) in [5, 5.41) is 9.44. The first-order valence-corrected chi connectivity index (χ1v) is 6.85. The van der Waals surface area contributed by atoms with Gasteiger partial charge in [-0.25, -0.2) is 4.79 Å². The van der Waals surface area contributed by atoms with E-state index in [-0.39, 0.29) is 5.57 Å². The maximum Gasteiger partial charge on any atom is 0.336 e. The van der Waals surface area contributed by atoms with Crippen LogP contribution in [-0.2, 0) is 4.79 Å². The molecule has 2 aromatic carbocycles. The molecule has 22 heavy (non-hydrogen) atoms. The second kappa shape index (κ2) is 6.80. The lowest BCUT2D eigenvalue weighted by atomic mass is 10.0. The van der Waals surface area contributed by atoms with Crippen molar-refractivity contribution in [1.29, 1.82) is 0 Å². The van der Waals surface area contributed by atoms with Crippen LogP contribution in [0.25, 0.3) is 5.57 Å². The molecule has 0 atom stereocenters. The van der Waals surface area contributed by atoms with Gasteiger partial charge in [-0.15, -0.1) is 0 Å². The number of carboxylic acids is 1. The first kappa shape index (κ1) is 15.6. The van der Waals surface area contributed by atoms with Gasteiger partial charge in [-0.05, 0) is 32.0 Å². The van der Waals surface area contributed by atoms with Crippen molar-refractivity contribution in [1.82, 2.24) is 0 Å². The SMILES string of the molecule is COc1cccc(Oc2ccccc2C(C(=O)O)=C(C)C)c1. The third-order valence-electron chi connectivity index (χ3n) is 3.14. The number of methoxy groups -OCH3 is 1. The average Bonchev–Trinajstić information content (AvgIpc) is 2.48. The van der Waals surface area contributed by atoms with E-state index >= 15 is 0 Å². The highest BCUT2D eigenvalue weighted by Crippen LogP contribution is 2.33.